The highest BCUT2D eigenvalue weighted by Gasteiger charge is 2.70. The van der Waals surface area contributed by atoms with Crippen molar-refractivity contribution in [3.8, 4) is 0 Å². The Morgan fingerprint density at radius 2 is 1.43 bits per heavy atom. The van der Waals surface area contributed by atoms with E-state index < -0.39 is 20.3 Å². The van der Waals surface area contributed by atoms with Crippen LogP contribution in [0.1, 0.15) is 12.8 Å². The van der Waals surface area contributed by atoms with Crippen LogP contribution in [0.5, 0.6) is 0 Å². The maximum absolute atomic E-state index is 9.62. The van der Waals surface area contributed by atoms with Crippen LogP contribution < -0.4 is 0 Å². The number of rotatable bonds is 1. The maximum atomic E-state index is 9.62. The summed E-state index contributed by atoms with van der Waals surface area (Å²) < 4.78 is 0.276. The Morgan fingerprint density at radius 3 is 1.71 bits per heavy atom. The van der Waals surface area contributed by atoms with Gasteiger partial charge in [-0.1, -0.05) is 35.6 Å². The molecule has 0 bridgehead atoms. The van der Waals surface area contributed by atoms with Crippen molar-refractivity contribution < 1.29 is 10.2 Å². The van der Waals surface area contributed by atoms with E-state index in [1.54, 1.807) is 0 Å². The van der Waals surface area contributed by atoms with E-state index in [9.17, 15) is 10.2 Å². The van der Waals surface area contributed by atoms with E-state index in [2.05, 4.69) is 35.6 Å². The van der Waals surface area contributed by atoms with E-state index in [0.29, 0.717) is 11.8 Å². The molecule has 2 saturated carbocycles. The Bertz CT molecular complexity index is 235. The van der Waals surface area contributed by atoms with Crippen molar-refractivity contribution in [3.05, 3.63) is 0 Å². The molecule has 0 aliphatic heterocycles. The fraction of sp³-hybridized carbons (Fsp3) is 1.00. The third-order valence-corrected chi connectivity index (χ3v) is 11.8. The number of hydrogen-bond donors (Lipinski definition) is 2. The molecule has 0 spiro atoms. The normalized spacial score (nSPS) is 52.7. The number of fused-ring (bicyclic) bond motifs is 1. The minimum atomic E-state index is -1.24. The maximum Gasteiger partial charge on any atom is 0.0802 e. The quantitative estimate of drug-likeness (QED) is 0.567. The zero-order chi connectivity index (χ0) is 10.7. The third-order valence-electron chi connectivity index (χ3n) is 4.04. The molecule has 4 heteroatoms. The van der Waals surface area contributed by atoms with E-state index in [0.717, 1.165) is 12.8 Å². The van der Waals surface area contributed by atoms with Gasteiger partial charge in [0, 0.05) is 3.95 Å². The van der Waals surface area contributed by atoms with Gasteiger partial charge in [0.25, 0.3) is 0 Å². The van der Waals surface area contributed by atoms with E-state index in [4.69, 9.17) is 0 Å². The van der Waals surface area contributed by atoms with Crippen LogP contribution in [0.3, 0.4) is 0 Å². The highest BCUT2D eigenvalue weighted by Crippen LogP contribution is 2.67. The van der Waals surface area contributed by atoms with Crippen LogP contribution in [-0.4, -0.2) is 34.4 Å². The second-order valence-corrected chi connectivity index (χ2v) is 13.2. The first-order valence-electron chi connectivity index (χ1n) is 5.33. The molecule has 0 aromatic carbocycles. The predicted octanol–water partition coefficient (Wildman–Crippen LogP) is 1.76. The molecule has 0 aromatic heterocycles. The lowest BCUT2D eigenvalue weighted by Gasteiger charge is -2.25. The standard InChI is InChI=1S/C10H19BrO2Si/c1-14(2,3)10(11)6-4-8(12)9(13)5-7(6)10/h6-9,12-13H,4-5H2,1-3H3/t6-,7+,8-,9+,10?. The number of aliphatic hydroxyl groups is 2. The van der Waals surface area contributed by atoms with Gasteiger partial charge >= 0.3 is 0 Å². The molecule has 2 fully saturated rings. The summed E-state index contributed by atoms with van der Waals surface area (Å²) in [5.74, 6) is 1.21. The average molecular weight is 279 g/mol. The SMILES string of the molecule is C[Si](C)(C)C1(Br)[C@@H]2C[C@@H](O)[C@@H](O)C[C@@H]21. The molecule has 0 saturated heterocycles. The highest BCUT2D eigenvalue weighted by molar-refractivity contribution is 9.10. The van der Waals surface area contributed by atoms with Crippen molar-refractivity contribution in [2.24, 2.45) is 11.8 Å². The molecule has 2 aliphatic rings. The molecule has 0 amide bonds. The molecule has 0 radical (unpaired) electrons. The van der Waals surface area contributed by atoms with E-state index >= 15 is 0 Å². The van der Waals surface area contributed by atoms with E-state index in [1.807, 2.05) is 0 Å². The van der Waals surface area contributed by atoms with Crippen molar-refractivity contribution in [1.29, 1.82) is 0 Å². The predicted molar refractivity (Wildman–Crippen MR) is 63.2 cm³/mol. The monoisotopic (exact) mass is 278 g/mol. The Kier molecular flexibility index (Phi) is 2.43. The highest BCUT2D eigenvalue weighted by atomic mass is 79.9. The van der Waals surface area contributed by atoms with Gasteiger partial charge in [-0.2, -0.15) is 0 Å². The number of halogens is 1. The Labute approximate surface area is 94.8 Å². The zero-order valence-electron chi connectivity index (χ0n) is 9.00. The van der Waals surface area contributed by atoms with Crippen molar-refractivity contribution >= 4 is 24.0 Å². The topological polar surface area (TPSA) is 40.5 Å². The van der Waals surface area contributed by atoms with Gasteiger partial charge in [-0.15, -0.1) is 0 Å². The number of aliphatic hydroxyl groups excluding tert-OH is 2. The molecule has 5 atom stereocenters. The van der Waals surface area contributed by atoms with Crippen LogP contribution in [0.2, 0.25) is 19.6 Å². The summed E-state index contributed by atoms with van der Waals surface area (Å²) in [6.07, 6.45) is 0.571. The molecule has 1 unspecified atom stereocenters. The summed E-state index contributed by atoms with van der Waals surface area (Å²) in [5, 5.41) is 19.2. The second-order valence-electron chi connectivity index (χ2n) is 5.84. The Morgan fingerprint density at radius 1 is 1.07 bits per heavy atom. The van der Waals surface area contributed by atoms with Gasteiger partial charge in [-0.05, 0) is 24.7 Å². The average Bonchev–Trinajstić information content (AvgIpc) is 2.59. The number of alkyl halides is 1. The molecule has 2 N–H and O–H groups in total. The van der Waals surface area contributed by atoms with Crippen molar-refractivity contribution in [1.82, 2.24) is 0 Å². The van der Waals surface area contributed by atoms with Gasteiger partial charge in [0.1, 0.15) is 0 Å². The van der Waals surface area contributed by atoms with Crippen LogP contribution in [0.4, 0.5) is 0 Å². The fourth-order valence-electron chi connectivity index (χ4n) is 3.12. The molecule has 2 nitrogen and oxygen atoms in total. The summed E-state index contributed by atoms with van der Waals surface area (Å²) in [6, 6.07) is 0. The van der Waals surface area contributed by atoms with Gasteiger partial charge in [0.15, 0.2) is 0 Å². The Balaban J connectivity index is 2.15. The molecule has 2 aliphatic carbocycles. The first-order valence-corrected chi connectivity index (χ1v) is 9.63. The van der Waals surface area contributed by atoms with Crippen LogP contribution in [0, 0.1) is 11.8 Å². The third kappa shape index (κ3) is 1.34. The van der Waals surface area contributed by atoms with Crippen molar-refractivity contribution in [3.63, 3.8) is 0 Å². The summed E-state index contributed by atoms with van der Waals surface area (Å²) in [4.78, 5) is 0. The minimum absolute atomic E-state index is 0.276. The van der Waals surface area contributed by atoms with E-state index in [1.165, 1.54) is 0 Å². The van der Waals surface area contributed by atoms with Crippen LogP contribution >= 0.6 is 15.9 Å². The largest absolute Gasteiger partial charge is 0.390 e. The molecular weight excluding hydrogens is 260 g/mol. The summed E-state index contributed by atoms with van der Waals surface area (Å²) in [7, 11) is -1.24. The lowest BCUT2D eigenvalue weighted by Crippen LogP contribution is -2.38. The zero-order valence-corrected chi connectivity index (χ0v) is 11.6. The molecule has 0 aromatic rings. The summed E-state index contributed by atoms with van der Waals surface area (Å²) in [6.45, 7) is 7.08. The lowest BCUT2D eigenvalue weighted by molar-refractivity contribution is -0.0119. The van der Waals surface area contributed by atoms with Crippen LogP contribution in [0.15, 0.2) is 0 Å². The first-order chi connectivity index (χ1) is 6.28. The molecule has 82 valence electrons. The second kappa shape index (κ2) is 3.06. The smallest absolute Gasteiger partial charge is 0.0802 e. The van der Waals surface area contributed by atoms with Crippen LogP contribution in [-0.2, 0) is 0 Å². The summed E-state index contributed by atoms with van der Waals surface area (Å²) in [5.41, 5.74) is 0. The molecule has 2 rings (SSSR count). The van der Waals surface area contributed by atoms with Gasteiger partial charge in [-0.3, -0.25) is 0 Å². The van der Waals surface area contributed by atoms with E-state index in [-0.39, 0.29) is 3.95 Å². The first kappa shape index (κ1) is 11.1. The Hall–Kier alpha value is 0.617. The minimum Gasteiger partial charge on any atom is -0.390 e. The molecule has 14 heavy (non-hydrogen) atoms. The van der Waals surface area contributed by atoms with Gasteiger partial charge in [-0.25, -0.2) is 0 Å². The van der Waals surface area contributed by atoms with Gasteiger partial charge < -0.3 is 10.2 Å². The van der Waals surface area contributed by atoms with Crippen molar-refractivity contribution in [2.45, 2.75) is 48.6 Å². The number of hydrogen-bond acceptors (Lipinski definition) is 2. The van der Waals surface area contributed by atoms with Crippen LogP contribution in [0.25, 0.3) is 0 Å². The van der Waals surface area contributed by atoms with Gasteiger partial charge in [0.2, 0.25) is 0 Å². The summed E-state index contributed by atoms with van der Waals surface area (Å²) >= 11 is 3.90. The van der Waals surface area contributed by atoms with Gasteiger partial charge in [0.05, 0.1) is 20.3 Å². The fourth-order valence-corrected chi connectivity index (χ4v) is 6.78. The lowest BCUT2D eigenvalue weighted by atomic mass is 9.95. The molecule has 0 heterocycles. The molecular formula is C10H19BrO2Si. The van der Waals surface area contributed by atoms with Crippen molar-refractivity contribution in [2.75, 3.05) is 0 Å².